The number of hydrogen-bond donors (Lipinski definition) is 0. The number of carbonyl (C=O) groups is 1. The lowest BCUT2D eigenvalue weighted by atomic mass is 9.49. The fraction of sp³-hybridized carbons (Fsp3) is 0.596. The lowest BCUT2D eigenvalue weighted by Crippen LogP contribution is -2.50. The van der Waals surface area contributed by atoms with Gasteiger partial charge in [-0.05, 0) is 148 Å². The summed E-state index contributed by atoms with van der Waals surface area (Å²) in [4.78, 5) is 19.4. The Morgan fingerprint density at radius 2 is 0.900 bits per heavy atom. The van der Waals surface area contributed by atoms with E-state index in [0.717, 1.165) is 24.2 Å². The van der Waals surface area contributed by atoms with Crippen molar-refractivity contribution in [1.82, 2.24) is 0 Å². The Hall–Kier alpha value is -2.52. The summed E-state index contributed by atoms with van der Waals surface area (Å²) in [5.41, 5.74) is 7.74. The van der Waals surface area contributed by atoms with E-state index in [1.165, 1.54) is 62.4 Å². The lowest BCUT2D eigenvalue weighted by Gasteiger charge is -2.56. The van der Waals surface area contributed by atoms with Crippen molar-refractivity contribution in [3.05, 3.63) is 88.0 Å². The number of rotatable bonds is 11. The van der Waals surface area contributed by atoms with Gasteiger partial charge in [0, 0.05) is 14.7 Å². The topological polar surface area (TPSA) is 26.3 Å². The molecule has 4 aliphatic rings. The molecule has 4 bridgehead atoms. The molecule has 0 N–H and O–H groups in total. The van der Waals surface area contributed by atoms with E-state index < -0.39 is 10.3 Å². The molecule has 0 radical (unpaired) electrons. The average molecular weight is 695 g/mol. The minimum absolute atomic E-state index is 0.0881. The summed E-state index contributed by atoms with van der Waals surface area (Å²) in [6.07, 6.45) is 6.93. The van der Waals surface area contributed by atoms with Gasteiger partial charge in [0.25, 0.3) is 0 Å². The minimum Gasteiger partial charge on any atom is -0.401 e. The first kappa shape index (κ1) is 37.2. The number of benzene rings is 3. The van der Waals surface area contributed by atoms with Crippen LogP contribution in [0.5, 0.6) is 0 Å². The summed E-state index contributed by atoms with van der Waals surface area (Å²) >= 11 is 0. The van der Waals surface area contributed by atoms with E-state index in [0.29, 0.717) is 29.6 Å². The zero-order valence-corrected chi connectivity index (χ0v) is 34.2. The van der Waals surface area contributed by atoms with Gasteiger partial charge in [-0.3, -0.25) is 4.79 Å². The molecule has 2 nitrogen and oxygen atoms in total. The smallest absolute Gasteiger partial charge is 0.323 e. The fourth-order valence-electron chi connectivity index (χ4n) is 10.1. The standard InChI is InChI=1S/C47H66O2S/c1-28(2)37-21-40(30(5)6)44(41(22-37)31(7)8)50(39-16-14-13-15-17-39,45-42(32(9)10)23-38(29(3)4)24-43(45)33(11)12)49-46(48)47-25-34-18-35(26-47)20-36(19-34)27-47/h13-17,21-24,28-36H,18-20,25-27H2,1-12H3. The van der Waals surface area contributed by atoms with Crippen LogP contribution in [0.2, 0.25) is 0 Å². The highest BCUT2D eigenvalue weighted by atomic mass is 32.3. The predicted molar refractivity (Wildman–Crippen MR) is 213 cm³/mol. The zero-order valence-electron chi connectivity index (χ0n) is 33.4. The number of carbonyl (C=O) groups excluding carboxylic acids is 1. The molecule has 4 fully saturated rings. The fourth-order valence-corrected chi connectivity index (χ4v) is 14.5. The first-order chi connectivity index (χ1) is 23.6. The molecule has 3 aromatic carbocycles. The van der Waals surface area contributed by atoms with Crippen molar-refractivity contribution in [2.24, 2.45) is 23.2 Å². The van der Waals surface area contributed by atoms with Gasteiger partial charge in [0.1, 0.15) is 0 Å². The Kier molecular flexibility index (Phi) is 10.5. The molecule has 4 aliphatic carbocycles. The zero-order chi connectivity index (χ0) is 36.3. The Bertz CT molecular complexity index is 1520. The van der Waals surface area contributed by atoms with Crippen LogP contribution in [0, 0.1) is 23.2 Å². The van der Waals surface area contributed by atoms with Crippen molar-refractivity contribution < 1.29 is 8.98 Å². The van der Waals surface area contributed by atoms with Crippen molar-refractivity contribution in [2.75, 3.05) is 0 Å². The molecular weight excluding hydrogens is 629 g/mol. The predicted octanol–water partition coefficient (Wildman–Crippen LogP) is 14.4. The summed E-state index contributed by atoms with van der Waals surface area (Å²) in [6.45, 7) is 28.0. The Labute approximate surface area is 307 Å². The molecule has 0 saturated heterocycles. The average Bonchev–Trinajstić information content (AvgIpc) is 3.05. The van der Waals surface area contributed by atoms with Gasteiger partial charge in [-0.2, -0.15) is 0 Å². The summed E-state index contributed by atoms with van der Waals surface area (Å²) < 4.78 is 7.89. The molecule has 0 unspecified atom stereocenters. The van der Waals surface area contributed by atoms with E-state index >= 15 is 4.79 Å². The van der Waals surface area contributed by atoms with Gasteiger partial charge >= 0.3 is 5.97 Å². The number of hydrogen-bond acceptors (Lipinski definition) is 2. The summed E-state index contributed by atoms with van der Waals surface area (Å²) in [7, 11) is -2.56. The normalized spacial score (nSPS) is 23.7. The molecule has 3 aromatic rings. The van der Waals surface area contributed by atoms with Crippen LogP contribution in [-0.2, 0) is 8.98 Å². The van der Waals surface area contributed by atoms with Crippen molar-refractivity contribution >= 4 is 16.3 Å². The van der Waals surface area contributed by atoms with Crippen molar-refractivity contribution in [3.63, 3.8) is 0 Å². The Morgan fingerprint density at radius 1 is 0.560 bits per heavy atom. The van der Waals surface area contributed by atoms with Crippen molar-refractivity contribution in [1.29, 1.82) is 0 Å². The second-order valence-electron chi connectivity index (χ2n) is 18.4. The maximum Gasteiger partial charge on any atom is 0.323 e. The second kappa shape index (κ2) is 14.1. The van der Waals surface area contributed by atoms with Crippen LogP contribution < -0.4 is 0 Å². The highest BCUT2D eigenvalue weighted by Gasteiger charge is 2.57. The van der Waals surface area contributed by atoms with E-state index in [2.05, 4.69) is 138 Å². The molecule has 3 heteroatoms. The molecule has 0 aliphatic heterocycles. The third kappa shape index (κ3) is 6.52. The van der Waals surface area contributed by atoms with Crippen LogP contribution in [-0.4, -0.2) is 5.97 Å². The van der Waals surface area contributed by atoms with Gasteiger partial charge in [0.15, 0.2) is 0 Å². The monoisotopic (exact) mass is 694 g/mol. The summed E-state index contributed by atoms with van der Waals surface area (Å²) in [6, 6.07) is 21.0. The molecule has 7 rings (SSSR count). The highest BCUT2D eigenvalue weighted by molar-refractivity contribution is 8.30. The molecule has 272 valence electrons. The molecule has 0 spiro atoms. The molecular formula is C47H66O2S. The third-order valence-electron chi connectivity index (χ3n) is 12.5. The van der Waals surface area contributed by atoms with Crippen molar-refractivity contribution in [2.45, 2.75) is 172 Å². The molecule has 0 amide bonds. The first-order valence-corrected chi connectivity index (χ1v) is 21.6. The van der Waals surface area contributed by atoms with Gasteiger partial charge < -0.3 is 4.18 Å². The van der Waals surface area contributed by atoms with Gasteiger partial charge in [-0.25, -0.2) is 0 Å². The largest absolute Gasteiger partial charge is 0.401 e. The molecule has 0 atom stereocenters. The van der Waals surface area contributed by atoms with Crippen LogP contribution in [0.25, 0.3) is 0 Å². The Morgan fingerprint density at radius 3 is 1.20 bits per heavy atom. The highest BCUT2D eigenvalue weighted by Crippen LogP contribution is 2.75. The van der Waals surface area contributed by atoms with E-state index in [-0.39, 0.29) is 35.1 Å². The van der Waals surface area contributed by atoms with E-state index in [1.807, 2.05) is 0 Å². The SMILES string of the molecule is CC(C)c1cc(C(C)C)c(S(OC(=O)C23CC4CC(CC(C4)C2)C3)(c2ccccc2)c2c(C(C)C)cc(C(C)C)cc2C(C)C)c(C(C)C)c1. The van der Waals surface area contributed by atoms with Gasteiger partial charge in [0.05, 0.1) is 5.41 Å². The van der Waals surface area contributed by atoms with Crippen LogP contribution in [0.3, 0.4) is 0 Å². The molecule has 0 aromatic heterocycles. The van der Waals surface area contributed by atoms with Gasteiger partial charge in [0.2, 0.25) is 0 Å². The summed E-state index contributed by atoms with van der Waals surface area (Å²) in [5.74, 6) is 3.93. The van der Waals surface area contributed by atoms with E-state index in [9.17, 15) is 0 Å². The maximum atomic E-state index is 15.7. The van der Waals surface area contributed by atoms with E-state index in [1.54, 1.807) is 0 Å². The van der Waals surface area contributed by atoms with Crippen LogP contribution >= 0.6 is 10.3 Å². The molecule has 0 heterocycles. The molecule has 4 saturated carbocycles. The minimum atomic E-state index is -2.56. The maximum absolute atomic E-state index is 15.7. The lowest BCUT2D eigenvalue weighted by molar-refractivity contribution is -0.160. The van der Waals surface area contributed by atoms with Crippen molar-refractivity contribution in [3.8, 4) is 0 Å². The third-order valence-corrected chi connectivity index (χ3v) is 15.9. The Balaban J connectivity index is 1.80. The van der Waals surface area contributed by atoms with Crippen LogP contribution in [0.4, 0.5) is 0 Å². The first-order valence-electron chi connectivity index (χ1n) is 20.1. The molecule has 50 heavy (non-hydrogen) atoms. The van der Waals surface area contributed by atoms with Crippen LogP contribution in [0.1, 0.15) is 190 Å². The van der Waals surface area contributed by atoms with Crippen LogP contribution in [0.15, 0.2) is 69.3 Å². The van der Waals surface area contributed by atoms with E-state index in [4.69, 9.17) is 4.18 Å². The quantitative estimate of drug-likeness (QED) is 0.200. The second-order valence-corrected chi connectivity index (χ2v) is 21.0. The summed E-state index contributed by atoms with van der Waals surface area (Å²) in [5, 5.41) is 0. The van der Waals surface area contributed by atoms with Gasteiger partial charge in [-0.15, -0.1) is 0 Å². The van der Waals surface area contributed by atoms with Gasteiger partial charge in [-0.1, -0.05) is 126 Å².